The van der Waals surface area contributed by atoms with Gasteiger partial charge in [0.05, 0.1) is 0 Å². The first-order valence-electron chi connectivity index (χ1n) is 6.85. The predicted molar refractivity (Wildman–Crippen MR) is 76.1 cm³/mol. The number of methoxy groups -OCH3 is 1. The minimum absolute atomic E-state index is 0.0937. The Labute approximate surface area is 121 Å². The lowest BCUT2D eigenvalue weighted by Crippen LogP contribution is -2.19. The van der Waals surface area contributed by atoms with Crippen LogP contribution >= 0.6 is 11.3 Å². The smallest absolute Gasteiger partial charge is 0.277 e. The molecule has 1 aliphatic rings. The van der Waals surface area contributed by atoms with E-state index in [4.69, 9.17) is 15.0 Å². The van der Waals surface area contributed by atoms with Crippen LogP contribution in [0.25, 0.3) is 11.6 Å². The topological polar surface area (TPSA) is 87.1 Å². The molecule has 1 unspecified atom stereocenters. The summed E-state index contributed by atoms with van der Waals surface area (Å²) in [5, 5.41) is 6.37. The Balaban J connectivity index is 1.80. The Kier molecular flexibility index (Phi) is 3.98. The maximum Gasteiger partial charge on any atom is 0.277 e. The van der Waals surface area contributed by atoms with E-state index in [1.807, 2.05) is 5.38 Å². The molecule has 108 valence electrons. The molecular formula is C13H18N4O2S. The van der Waals surface area contributed by atoms with Gasteiger partial charge in [-0.3, -0.25) is 0 Å². The van der Waals surface area contributed by atoms with Crippen LogP contribution in [0.1, 0.15) is 44.0 Å². The van der Waals surface area contributed by atoms with E-state index >= 15 is 0 Å². The number of nitrogens with zero attached hydrogens (tertiary/aromatic N) is 3. The summed E-state index contributed by atoms with van der Waals surface area (Å²) in [6.45, 7) is 0. The molecule has 1 atom stereocenters. The van der Waals surface area contributed by atoms with Gasteiger partial charge >= 0.3 is 0 Å². The Morgan fingerprint density at radius 2 is 2.15 bits per heavy atom. The van der Waals surface area contributed by atoms with Gasteiger partial charge in [0.2, 0.25) is 5.82 Å². The molecule has 1 saturated carbocycles. The van der Waals surface area contributed by atoms with Crippen molar-refractivity contribution in [2.75, 3.05) is 12.8 Å². The van der Waals surface area contributed by atoms with Crippen molar-refractivity contribution >= 4 is 16.5 Å². The Bertz CT molecular complexity index is 562. The van der Waals surface area contributed by atoms with Gasteiger partial charge in [-0.1, -0.05) is 24.4 Å². The van der Waals surface area contributed by atoms with Gasteiger partial charge in [0, 0.05) is 12.5 Å². The summed E-state index contributed by atoms with van der Waals surface area (Å²) in [7, 11) is 1.70. The molecule has 2 aromatic rings. The number of thiazole rings is 1. The highest BCUT2D eigenvalue weighted by Crippen LogP contribution is 2.36. The first-order valence-corrected chi connectivity index (χ1v) is 7.73. The van der Waals surface area contributed by atoms with Crippen LogP contribution in [0.2, 0.25) is 0 Å². The third kappa shape index (κ3) is 2.69. The molecule has 0 amide bonds. The summed E-state index contributed by atoms with van der Waals surface area (Å²) in [6, 6.07) is 0. The fourth-order valence-electron chi connectivity index (χ4n) is 2.79. The molecule has 0 saturated heterocycles. The molecule has 0 bridgehead atoms. The van der Waals surface area contributed by atoms with Gasteiger partial charge < -0.3 is 15.0 Å². The van der Waals surface area contributed by atoms with Crippen molar-refractivity contribution in [3.05, 3.63) is 11.2 Å². The van der Waals surface area contributed by atoms with Crippen LogP contribution in [0.4, 0.5) is 5.13 Å². The minimum Gasteiger partial charge on any atom is -0.375 e. The van der Waals surface area contributed by atoms with E-state index in [9.17, 15) is 0 Å². The lowest BCUT2D eigenvalue weighted by atomic mass is 9.85. The summed E-state index contributed by atoms with van der Waals surface area (Å²) in [4.78, 5) is 8.58. The number of hydrogen-bond acceptors (Lipinski definition) is 7. The predicted octanol–water partition coefficient (Wildman–Crippen LogP) is 3.04. The maximum atomic E-state index is 5.62. The largest absolute Gasteiger partial charge is 0.375 e. The van der Waals surface area contributed by atoms with Gasteiger partial charge in [0.15, 0.2) is 5.13 Å². The third-order valence-electron chi connectivity index (χ3n) is 3.77. The summed E-state index contributed by atoms with van der Waals surface area (Å²) in [6.07, 6.45) is 6.03. The van der Waals surface area contributed by atoms with E-state index in [2.05, 4.69) is 15.1 Å². The number of aromatic nitrogens is 3. The second-order valence-electron chi connectivity index (χ2n) is 5.08. The number of hydrogen-bond donors (Lipinski definition) is 1. The van der Waals surface area contributed by atoms with E-state index in [1.165, 1.54) is 30.6 Å². The highest BCUT2D eigenvalue weighted by molar-refractivity contribution is 7.13. The zero-order chi connectivity index (χ0) is 13.9. The van der Waals surface area contributed by atoms with Crippen molar-refractivity contribution < 1.29 is 9.26 Å². The van der Waals surface area contributed by atoms with Gasteiger partial charge in [0.1, 0.15) is 11.8 Å². The molecule has 2 N–H and O–H groups in total. The SMILES string of the molecule is COC(c1noc(-c2csc(N)n2)n1)C1CCCCC1. The number of nitrogens with two attached hydrogens (primary N) is 1. The third-order valence-corrected chi connectivity index (χ3v) is 4.44. The Morgan fingerprint density at radius 3 is 2.80 bits per heavy atom. The first kappa shape index (κ1) is 13.5. The van der Waals surface area contributed by atoms with Crippen molar-refractivity contribution in [3.63, 3.8) is 0 Å². The van der Waals surface area contributed by atoms with E-state index in [0.717, 1.165) is 12.8 Å². The van der Waals surface area contributed by atoms with Gasteiger partial charge in [-0.15, -0.1) is 11.3 Å². The molecule has 6 nitrogen and oxygen atoms in total. The fraction of sp³-hybridized carbons (Fsp3) is 0.615. The molecule has 0 aromatic carbocycles. The lowest BCUT2D eigenvalue weighted by molar-refractivity contribution is 0.0274. The van der Waals surface area contributed by atoms with E-state index in [1.54, 1.807) is 7.11 Å². The van der Waals surface area contributed by atoms with Gasteiger partial charge in [-0.2, -0.15) is 4.98 Å². The van der Waals surface area contributed by atoms with Crippen LogP contribution in [-0.2, 0) is 4.74 Å². The van der Waals surface area contributed by atoms with Crippen LogP contribution in [0.5, 0.6) is 0 Å². The molecule has 7 heteroatoms. The van der Waals surface area contributed by atoms with Gasteiger partial charge in [-0.25, -0.2) is 4.98 Å². The Morgan fingerprint density at radius 1 is 1.35 bits per heavy atom. The number of rotatable bonds is 4. The second kappa shape index (κ2) is 5.88. The van der Waals surface area contributed by atoms with Crippen LogP contribution in [-0.4, -0.2) is 22.2 Å². The van der Waals surface area contributed by atoms with Crippen LogP contribution in [0, 0.1) is 5.92 Å². The molecule has 0 radical (unpaired) electrons. The average molecular weight is 294 g/mol. The van der Waals surface area contributed by atoms with Gasteiger partial charge in [0.25, 0.3) is 5.89 Å². The van der Waals surface area contributed by atoms with Crippen molar-refractivity contribution in [3.8, 4) is 11.6 Å². The Hall–Kier alpha value is -1.47. The van der Waals surface area contributed by atoms with E-state index in [-0.39, 0.29) is 6.10 Å². The molecule has 0 spiro atoms. The average Bonchev–Trinajstić information content (AvgIpc) is 3.10. The van der Waals surface area contributed by atoms with Crippen LogP contribution in [0.15, 0.2) is 9.90 Å². The molecule has 1 aliphatic carbocycles. The highest BCUT2D eigenvalue weighted by atomic mass is 32.1. The first-order chi connectivity index (χ1) is 9.78. The van der Waals surface area contributed by atoms with Gasteiger partial charge in [-0.05, 0) is 18.8 Å². The maximum absolute atomic E-state index is 5.62. The lowest BCUT2D eigenvalue weighted by Gasteiger charge is -2.26. The molecule has 2 aromatic heterocycles. The fourth-order valence-corrected chi connectivity index (χ4v) is 3.32. The van der Waals surface area contributed by atoms with Crippen molar-refractivity contribution in [1.82, 2.24) is 15.1 Å². The standard InChI is InChI=1S/C13H18N4O2S/c1-18-10(8-5-3-2-4-6-8)11-16-12(19-17-11)9-7-20-13(14)15-9/h7-8,10H,2-6H2,1H3,(H2,14,15). The van der Waals surface area contributed by atoms with Crippen molar-refractivity contribution in [2.24, 2.45) is 5.92 Å². The van der Waals surface area contributed by atoms with E-state index in [0.29, 0.717) is 28.5 Å². The molecular weight excluding hydrogens is 276 g/mol. The molecule has 2 heterocycles. The zero-order valence-corrected chi connectivity index (χ0v) is 12.2. The summed E-state index contributed by atoms with van der Waals surface area (Å²) < 4.78 is 10.9. The van der Waals surface area contributed by atoms with Crippen molar-refractivity contribution in [1.29, 1.82) is 0 Å². The molecule has 0 aliphatic heterocycles. The van der Waals surface area contributed by atoms with E-state index < -0.39 is 0 Å². The molecule has 3 rings (SSSR count). The highest BCUT2D eigenvalue weighted by Gasteiger charge is 2.29. The summed E-state index contributed by atoms with van der Waals surface area (Å²) >= 11 is 1.36. The summed E-state index contributed by atoms with van der Waals surface area (Å²) in [5.41, 5.74) is 6.25. The van der Waals surface area contributed by atoms with Crippen LogP contribution < -0.4 is 5.73 Å². The quantitative estimate of drug-likeness (QED) is 0.932. The van der Waals surface area contributed by atoms with Crippen molar-refractivity contribution in [2.45, 2.75) is 38.2 Å². The van der Waals surface area contributed by atoms with Crippen LogP contribution in [0.3, 0.4) is 0 Å². The molecule has 1 fully saturated rings. The number of ether oxygens (including phenoxy) is 1. The zero-order valence-electron chi connectivity index (χ0n) is 11.4. The number of anilines is 1. The molecule has 20 heavy (non-hydrogen) atoms. The minimum atomic E-state index is -0.0937. The normalized spacial score (nSPS) is 18.2. The number of nitrogen functional groups attached to an aromatic ring is 1. The monoisotopic (exact) mass is 294 g/mol. The second-order valence-corrected chi connectivity index (χ2v) is 5.97. The summed E-state index contributed by atoms with van der Waals surface area (Å²) in [5.74, 6) is 1.49.